The number of amidine groups is 1. The highest BCUT2D eigenvalue weighted by Gasteiger charge is 2.38. The van der Waals surface area contributed by atoms with Crippen LogP contribution in [0.1, 0.15) is 46.8 Å². The number of aryl methyl sites for hydroxylation is 1. The lowest BCUT2D eigenvalue weighted by molar-refractivity contribution is -0.138. The predicted octanol–water partition coefficient (Wildman–Crippen LogP) is 4.00. The monoisotopic (exact) mass is 502 g/mol. The van der Waals surface area contributed by atoms with E-state index in [-0.39, 0.29) is 17.2 Å². The Bertz CT molecular complexity index is 1140. The van der Waals surface area contributed by atoms with Crippen LogP contribution in [-0.2, 0) is 17.3 Å². The second kappa shape index (κ2) is 10.7. The van der Waals surface area contributed by atoms with Crippen molar-refractivity contribution in [3.8, 4) is 5.75 Å². The van der Waals surface area contributed by atoms with E-state index in [4.69, 9.17) is 10.2 Å². The van der Waals surface area contributed by atoms with Crippen LogP contribution in [0.4, 0.5) is 18.9 Å². The van der Waals surface area contributed by atoms with Crippen molar-refractivity contribution < 1.29 is 36.3 Å². The summed E-state index contributed by atoms with van der Waals surface area (Å²) < 4.78 is 66.7. The van der Waals surface area contributed by atoms with E-state index in [1.165, 1.54) is 14.1 Å². The van der Waals surface area contributed by atoms with Gasteiger partial charge in [-0.3, -0.25) is 9.79 Å². The molecular formula is C21H25F3N4O5S. The fourth-order valence-corrected chi connectivity index (χ4v) is 3.38. The van der Waals surface area contributed by atoms with E-state index in [1.807, 2.05) is 0 Å². The van der Waals surface area contributed by atoms with Crippen LogP contribution in [0.25, 0.3) is 0 Å². The number of nitrogens with one attached hydrogen (secondary N) is 1. The van der Waals surface area contributed by atoms with Gasteiger partial charge in [0.25, 0.3) is 5.91 Å². The number of rotatable bonds is 8. The molecule has 0 spiro atoms. The molecule has 0 aliphatic carbocycles. The molecule has 0 saturated carbocycles. The minimum Gasteiger partial charge on any atom is -0.505 e. The Hall–Kier alpha value is -3.32. The minimum absolute atomic E-state index is 0.263. The molecule has 9 nitrogen and oxygen atoms in total. The van der Waals surface area contributed by atoms with Crippen LogP contribution in [0.5, 0.6) is 5.75 Å². The van der Waals surface area contributed by atoms with E-state index in [9.17, 15) is 31.8 Å². The van der Waals surface area contributed by atoms with Crippen molar-refractivity contribution in [2.24, 2.45) is 10.7 Å². The first-order valence-corrected chi connectivity index (χ1v) is 11.1. The van der Waals surface area contributed by atoms with Crippen LogP contribution in [0, 0.1) is 6.92 Å². The van der Waals surface area contributed by atoms with Gasteiger partial charge in [-0.2, -0.15) is 13.2 Å². The average Bonchev–Trinajstić information content (AvgIpc) is 3.16. The van der Waals surface area contributed by atoms with E-state index < -0.39 is 46.1 Å². The summed E-state index contributed by atoms with van der Waals surface area (Å²) in [6, 6.07) is 4.35. The Balaban J connectivity index is 2.56. The third-order valence-corrected chi connectivity index (χ3v) is 5.08. The highest BCUT2D eigenvalue weighted by Crippen LogP contribution is 2.40. The number of furan rings is 1. The van der Waals surface area contributed by atoms with Gasteiger partial charge in [-0.1, -0.05) is 6.92 Å². The molecule has 1 unspecified atom stereocenters. The topological polar surface area (TPSA) is 141 Å². The number of phenolic OH excluding ortho intramolecular Hbond substituents is 1. The average molecular weight is 503 g/mol. The van der Waals surface area contributed by atoms with Gasteiger partial charge in [-0.15, -0.1) is 0 Å². The molecule has 0 fully saturated rings. The zero-order chi connectivity index (χ0) is 25.8. The normalized spacial score (nSPS) is 14.6. The van der Waals surface area contributed by atoms with E-state index in [1.54, 1.807) is 26.0 Å². The van der Waals surface area contributed by atoms with Gasteiger partial charge < -0.3 is 30.0 Å². The third-order valence-electron chi connectivity index (χ3n) is 4.64. The molecule has 1 heterocycles. The maximum absolute atomic E-state index is 13.5. The van der Waals surface area contributed by atoms with Crippen LogP contribution < -0.4 is 11.1 Å². The Morgan fingerprint density at radius 3 is 2.44 bits per heavy atom. The first-order chi connectivity index (χ1) is 15.8. The van der Waals surface area contributed by atoms with Gasteiger partial charge >= 0.3 is 6.18 Å². The van der Waals surface area contributed by atoms with E-state index in [0.29, 0.717) is 24.0 Å². The second-order valence-corrected chi connectivity index (χ2v) is 8.19. The molecule has 186 valence electrons. The van der Waals surface area contributed by atoms with Gasteiger partial charge in [0.1, 0.15) is 23.4 Å². The van der Waals surface area contributed by atoms with Crippen molar-refractivity contribution in [2.45, 2.75) is 32.5 Å². The van der Waals surface area contributed by atoms with Crippen LogP contribution in [0.15, 0.2) is 44.8 Å². The van der Waals surface area contributed by atoms with Crippen LogP contribution in [0.2, 0.25) is 0 Å². The maximum Gasteiger partial charge on any atom is 0.417 e. The van der Waals surface area contributed by atoms with Gasteiger partial charge in [0.2, 0.25) is 0 Å². The van der Waals surface area contributed by atoms with Gasteiger partial charge in [-0.25, -0.2) is 4.21 Å². The van der Waals surface area contributed by atoms with Gasteiger partial charge in [0.05, 0.1) is 27.9 Å². The molecule has 2 aromatic rings. The van der Waals surface area contributed by atoms with Crippen molar-refractivity contribution >= 4 is 28.5 Å². The highest BCUT2D eigenvalue weighted by molar-refractivity contribution is 7.82. The van der Waals surface area contributed by atoms with E-state index in [0.717, 1.165) is 16.4 Å². The molecule has 2 rings (SSSR count). The number of hydrogen-bond donors (Lipinski definition) is 4. The number of nitrogens with zero attached hydrogens (tertiary/aromatic N) is 2. The summed E-state index contributed by atoms with van der Waals surface area (Å²) in [5.41, 5.74) is 3.08. The molecule has 0 saturated heterocycles. The summed E-state index contributed by atoms with van der Waals surface area (Å²) in [6.45, 7) is 3.55. The molecule has 2 atom stereocenters. The number of aromatic hydroxyl groups is 1. The largest absolute Gasteiger partial charge is 0.505 e. The number of amides is 1. The molecule has 1 aromatic heterocycles. The van der Waals surface area contributed by atoms with Gasteiger partial charge in [0, 0.05) is 14.1 Å². The number of anilines is 1. The summed E-state index contributed by atoms with van der Waals surface area (Å²) in [5.74, 6) is -1.25. The molecule has 1 amide bonds. The summed E-state index contributed by atoms with van der Waals surface area (Å²) in [5, 5.41) is 13.8. The second-order valence-electron chi connectivity index (χ2n) is 7.40. The predicted molar refractivity (Wildman–Crippen MR) is 122 cm³/mol. The number of nitrogens with two attached hydrogens (primary N) is 1. The standard InChI is InChI=1S/C21H25F3N4O5S/c1-5-13(16-9-6-11(2)33-16)27-19(25)15(10-34(31)32)26-14-8-7-12(21(22,23)24)17(18(14)29)20(30)28(3)4/h6-10,13,26,29H,5H2,1-4H3,(H2,25,27)(H,31,32)/b15-10+/t13-/m1/s1. The number of carbonyl (C=O) groups is 1. The Morgan fingerprint density at radius 2 is 1.97 bits per heavy atom. The summed E-state index contributed by atoms with van der Waals surface area (Å²) >= 11 is -2.54. The van der Waals surface area contributed by atoms with E-state index >= 15 is 0 Å². The quantitative estimate of drug-likeness (QED) is 0.185. The molecule has 1 aromatic carbocycles. The molecule has 13 heteroatoms. The molecule has 34 heavy (non-hydrogen) atoms. The fraction of sp³-hybridized carbons (Fsp3) is 0.333. The van der Waals surface area contributed by atoms with Crippen LogP contribution in [0.3, 0.4) is 0 Å². The molecule has 0 aliphatic rings. The zero-order valence-corrected chi connectivity index (χ0v) is 19.6. The van der Waals surface area contributed by atoms with Crippen LogP contribution in [-0.4, -0.2) is 44.6 Å². The first kappa shape index (κ1) is 26.9. The highest BCUT2D eigenvalue weighted by atomic mass is 32.2. The molecule has 5 N–H and O–H groups in total. The Labute approximate surface area is 196 Å². The lowest BCUT2D eigenvalue weighted by atomic mass is 10.0. The molecule has 0 aliphatic heterocycles. The Kier molecular flexibility index (Phi) is 8.51. The zero-order valence-electron chi connectivity index (χ0n) is 18.8. The molecule has 0 bridgehead atoms. The lowest BCUT2D eigenvalue weighted by Crippen LogP contribution is -2.26. The minimum atomic E-state index is -4.92. The number of alkyl halides is 3. The molecule has 0 radical (unpaired) electrons. The Morgan fingerprint density at radius 1 is 1.32 bits per heavy atom. The van der Waals surface area contributed by atoms with Crippen molar-refractivity contribution in [3.63, 3.8) is 0 Å². The summed E-state index contributed by atoms with van der Waals surface area (Å²) in [6.07, 6.45) is -4.46. The lowest BCUT2D eigenvalue weighted by Gasteiger charge is -2.20. The summed E-state index contributed by atoms with van der Waals surface area (Å²) in [7, 11) is 2.46. The third kappa shape index (κ3) is 6.38. The maximum atomic E-state index is 13.5. The number of benzene rings is 1. The number of hydrogen-bond acceptors (Lipinski definition) is 6. The number of phenols is 1. The summed E-state index contributed by atoms with van der Waals surface area (Å²) in [4.78, 5) is 17.6. The van der Waals surface area contributed by atoms with E-state index in [2.05, 4.69) is 10.3 Å². The number of aliphatic imine (C=N–C) groups is 1. The number of carbonyl (C=O) groups excluding carboxylic acids is 1. The van der Waals surface area contributed by atoms with Crippen LogP contribution >= 0.6 is 0 Å². The fourth-order valence-electron chi connectivity index (χ4n) is 2.99. The number of halogens is 3. The van der Waals surface area contributed by atoms with Gasteiger partial charge in [-0.05, 0) is 37.6 Å². The van der Waals surface area contributed by atoms with Crippen molar-refractivity contribution in [3.05, 3.63) is 58.0 Å². The van der Waals surface area contributed by atoms with Crippen molar-refractivity contribution in [2.75, 3.05) is 19.4 Å². The SMILES string of the molecule is CC[C@@H](N=C(N)/C(=C\S(=O)O)Nc1ccc(C(F)(F)F)c(C(=O)N(C)C)c1O)c1ccc(C)o1. The van der Waals surface area contributed by atoms with Crippen molar-refractivity contribution in [1.82, 2.24) is 4.90 Å². The first-order valence-electron chi connectivity index (χ1n) is 9.89. The van der Waals surface area contributed by atoms with Gasteiger partial charge in [0.15, 0.2) is 16.8 Å². The molecular weight excluding hydrogens is 477 g/mol. The van der Waals surface area contributed by atoms with Crippen molar-refractivity contribution in [1.29, 1.82) is 0 Å². The smallest absolute Gasteiger partial charge is 0.417 e.